The zero-order valence-electron chi connectivity index (χ0n) is 8.11. The van der Waals surface area contributed by atoms with Gasteiger partial charge in [-0.2, -0.15) is 0 Å². The number of esters is 1. The van der Waals surface area contributed by atoms with Gasteiger partial charge >= 0.3 is 5.97 Å². The Bertz CT molecular complexity index is 320. The van der Waals surface area contributed by atoms with E-state index in [1.165, 1.54) is 18.9 Å². The molecule has 14 heavy (non-hydrogen) atoms. The molecule has 0 saturated carbocycles. The highest BCUT2D eigenvalue weighted by Gasteiger charge is 2.01. The molecule has 0 bridgehead atoms. The number of methoxy groups -OCH3 is 1. The number of nitrogens with zero attached hydrogens (tertiary/aromatic N) is 1. The van der Waals surface area contributed by atoms with Gasteiger partial charge in [0.05, 0.1) is 7.11 Å². The first-order valence-corrected chi connectivity index (χ1v) is 5.10. The summed E-state index contributed by atoms with van der Waals surface area (Å²) >= 11 is 1.53. The molecular formula is C9H12N2O2S. The van der Waals surface area contributed by atoms with E-state index in [4.69, 9.17) is 0 Å². The van der Waals surface area contributed by atoms with Crippen molar-refractivity contribution in [2.24, 2.45) is 0 Å². The van der Waals surface area contributed by atoms with Crippen LogP contribution >= 0.6 is 11.8 Å². The minimum absolute atomic E-state index is 0.287. The number of hydrogen-bond donors (Lipinski definition) is 1. The second kappa shape index (κ2) is 5.49. The highest BCUT2D eigenvalue weighted by Crippen LogP contribution is 2.12. The fraction of sp³-hybridized carbons (Fsp3) is 0.333. The van der Waals surface area contributed by atoms with Gasteiger partial charge in [0, 0.05) is 23.7 Å². The van der Waals surface area contributed by atoms with Crippen LogP contribution in [0.5, 0.6) is 0 Å². The van der Waals surface area contributed by atoms with Gasteiger partial charge in [-0.15, -0.1) is 0 Å². The van der Waals surface area contributed by atoms with E-state index in [1.54, 1.807) is 19.3 Å². The van der Waals surface area contributed by atoms with Gasteiger partial charge < -0.3 is 9.72 Å². The molecule has 0 fully saturated rings. The van der Waals surface area contributed by atoms with Crippen LogP contribution in [0.1, 0.15) is 6.92 Å². The van der Waals surface area contributed by atoms with Crippen LogP contribution in [0, 0.1) is 0 Å². The number of thioether (sulfide) groups is 1. The summed E-state index contributed by atoms with van der Waals surface area (Å²) in [6, 6.07) is 0. The zero-order valence-corrected chi connectivity index (χ0v) is 8.93. The minimum atomic E-state index is -0.287. The average Bonchev–Trinajstić information content (AvgIpc) is 2.69. The molecule has 0 aliphatic rings. The third-order valence-corrected chi connectivity index (χ3v) is 2.42. The van der Waals surface area contributed by atoms with E-state index in [9.17, 15) is 4.79 Å². The molecule has 0 spiro atoms. The van der Waals surface area contributed by atoms with Gasteiger partial charge in [0.25, 0.3) is 0 Å². The molecule has 1 N–H and O–H groups in total. The van der Waals surface area contributed by atoms with Crippen LogP contribution in [0.25, 0.3) is 0 Å². The number of imidazole rings is 1. The zero-order chi connectivity index (χ0) is 10.4. The quantitative estimate of drug-likeness (QED) is 0.468. The normalized spacial score (nSPS) is 11.4. The maximum atomic E-state index is 11.0. The third kappa shape index (κ3) is 3.26. The molecule has 76 valence electrons. The van der Waals surface area contributed by atoms with Crippen LogP contribution in [0.4, 0.5) is 0 Å². The second-order valence-corrected chi connectivity index (χ2v) is 3.59. The SMILES string of the molecule is COC(=O)/C(C)=C/CSc1ncc[nH]1. The summed E-state index contributed by atoms with van der Waals surface area (Å²) in [6.45, 7) is 1.73. The lowest BCUT2D eigenvalue weighted by Crippen LogP contribution is -2.01. The molecule has 0 aliphatic heterocycles. The summed E-state index contributed by atoms with van der Waals surface area (Å²) in [6.07, 6.45) is 5.28. The monoisotopic (exact) mass is 212 g/mol. The van der Waals surface area contributed by atoms with E-state index in [1.807, 2.05) is 6.08 Å². The molecule has 0 aromatic carbocycles. The van der Waals surface area contributed by atoms with E-state index in [2.05, 4.69) is 14.7 Å². The van der Waals surface area contributed by atoms with E-state index >= 15 is 0 Å². The molecule has 1 heterocycles. The summed E-state index contributed by atoms with van der Waals surface area (Å²) < 4.78 is 4.56. The number of nitrogens with one attached hydrogen (secondary N) is 1. The molecular weight excluding hydrogens is 200 g/mol. The largest absolute Gasteiger partial charge is 0.466 e. The Morgan fingerprint density at radius 1 is 1.79 bits per heavy atom. The molecule has 5 heteroatoms. The maximum Gasteiger partial charge on any atom is 0.333 e. The molecule has 0 amide bonds. The van der Waals surface area contributed by atoms with E-state index in [0.717, 1.165) is 5.16 Å². The van der Waals surface area contributed by atoms with E-state index in [-0.39, 0.29) is 5.97 Å². The minimum Gasteiger partial charge on any atom is -0.466 e. The number of carbonyl (C=O) groups excluding carboxylic acids is 1. The number of rotatable bonds is 4. The molecule has 0 radical (unpaired) electrons. The lowest BCUT2D eigenvalue weighted by molar-refractivity contribution is -0.136. The Hall–Kier alpha value is -1.23. The second-order valence-electron chi connectivity index (χ2n) is 2.58. The number of carbonyl (C=O) groups is 1. The molecule has 1 aromatic rings. The molecule has 0 aliphatic carbocycles. The van der Waals surface area contributed by atoms with Gasteiger partial charge in [0.2, 0.25) is 0 Å². The van der Waals surface area contributed by atoms with Crippen molar-refractivity contribution in [3.63, 3.8) is 0 Å². The van der Waals surface area contributed by atoms with Crippen molar-refractivity contribution in [3.8, 4) is 0 Å². The lowest BCUT2D eigenvalue weighted by Gasteiger charge is -1.97. The number of aromatic amines is 1. The Kier molecular flexibility index (Phi) is 4.25. The van der Waals surface area contributed by atoms with Crippen molar-refractivity contribution >= 4 is 17.7 Å². The van der Waals surface area contributed by atoms with Gasteiger partial charge in [-0.3, -0.25) is 0 Å². The number of ether oxygens (including phenoxy) is 1. The summed E-state index contributed by atoms with van der Waals surface area (Å²) in [5.74, 6) is 0.416. The fourth-order valence-corrected chi connectivity index (χ4v) is 1.60. The predicted octanol–water partition coefficient (Wildman–Crippen LogP) is 1.62. The van der Waals surface area contributed by atoms with Gasteiger partial charge in [0.15, 0.2) is 5.16 Å². The summed E-state index contributed by atoms with van der Waals surface area (Å²) in [7, 11) is 1.37. The van der Waals surface area contributed by atoms with Crippen molar-refractivity contribution in [2.45, 2.75) is 12.1 Å². The van der Waals surface area contributed by atoms with Crippen molar-refractivity contribution in [3.05, 3.63) is 24.0 Å². The Labute approximate surface area is 86.8 Å². The van der Waals surface area contributed by atoms with Gasteiger partial charge in [-0.05, 0) is 6.92 Å². The van der Waals surface area contributed by atoms with Crippen molar-refractivity contribution in [1.29, 1.82) is 0 Å². The maximum absolute atomic E-state index is 11.0. The first kappa shape index (κ1) is 10.8. The smallest absolute Gasteiger partial charge is 0.333 e. The van der Waals surface area contributed by atoms with E-state index < -0.39 is 0 Å². The van der Waals surface area contributed by atoms with Crippen molar-refractivity contribution < 1.29 is 9.53 Å². The van der Waals surface area contributed by atoms with Gasteiger partial charge in [-0.25, -0.2) is 9.78 Å². The van der Waals surface area contributed by atoms with Gasteiger partial charge in [0.1, 0.15) is 0 Å². The molecule has 1 rings (SSSR count). The van der Waals surface area contributed by atoms with Crippen LogP contribution in [-0.4, -0.2) is 28.8 Å². The average molecular weight is 212 g/mol. The van der Waals surface area contributed by atoms with Crippen LogP contribution in [-0.2, 0) is 9.53 Å². The Morgan fingerprint density at radius 3 is 3.14 bits per heavy atom. The molecule has 0 atom stereocenters. The Morgan fingerprint density at radius 2 is 2.57 bits per heavy atom. The predicted molar refractivity (Wildman–Crippen MR) is 55.1 cm³/mol. The highest BCUT2D eigenvalue weighted by atomic mass is 32.2. The summed E-state index contributed by atoms with van der Waals surface area (Å²) in [5, 5.41) is 0.846. The van der Waals surface area contributed by atoms with Crippen molar-refractivity contribution in [2.75, 3.05) is 12.9 Å². The van der Waals surface area contributed by atoms with Gasteiger partial charge in [-0.1, -0.05) is 17.8 Å². The topological polar surface area (TPSA) is 55.0 Å². The van der Waals surface area contributed by atoms with Crippen LogP contribution < -0.4 is 0 Å². The summed E-state index contributed by atoms with van der Waals surface area (Å²) in [4.78, 5) is 18.0. The van der Waals surface area contributed by atoms with Crippen molar-refractivity contribution in [1.82, 2.24) is 9.97 Å². The molecule has 0 unspecified atom stereocenters. The van der Waals surface area contributed by atoms with E-state index in [0.29, 0.717) is 11.3 Å². The van der Waals surface area contributed by atoms with Crippen LogP contribution in [0.3, 0.4) is 0 Å². The molecule has 0 saturated heterocycles. The number of hydrogen-bond acceptors (Lipinski definition) is 4. The standard InChI is InChI=1S/C9H12N2O2S/c1-7(8(12)13-2)3-6-14-9-10-4-5-11-9/h3-5H,6H2,1-2H3,(H,10,11)/b7-3+. The number of aromatic nitrogens is 2. The fourth-order valence-electron chi connectivity index (χ4n) is 0.820. The van der Waals surface area contributed by atoms with Crippen LogP contribution in [0.2, 0.25) is 0 Å². The van der Waals surface area contributed by atoms with Crippen LogP contribution in [0.15, 0.2) is 29.2 Å². The third-order valence-electron chi connectivity index (χ3n) is 1.59. The molecule has 4 nitrogen and oxygen atoms in total. The first-order valence-electron chi connectivity index (χ1n) is 4.11. The molecule has 1 aromatic heterocycles. The Balaban J connectivity index is 2.36. The summed E-state index contributed by atoms with van der Waals surface area (Å²) in [5.41, 5.74) is 0.617. The highest BCUT2D eigenvalue weighted by molar-refractivity contribution is 7.99. The lowest BCUT2D eigenvalue weighted by atomic mass is 10.3. The number of H-pyrrole nitrogens is 1. The first-order chi connectivity index (χ1) is 6.74.